The molecule has 0 radical (unpaired) electrons. The number of ether oxygens (including phenoxy) is 3. The van der Waals surface area contributed by atoms with Crippen LogP contribution in [0.5, 0.6) is 5.75 Å². The van der Waals surface area contributed by atoms with Crippen molar-refractivity contribution in [3.8, 4) is 16.9 Å². The van der Waals surface area contributed by atoms with Crippen molar-refractivity contribution in [3.63, 3.8) is 0 Å². The van der Waals surface area contributed by atoms with Gasteiger partial charge in [0.05, 0.1) is 47.7 Å². The predicted molar refractivity (Wildman–Crippen MR) is 159 cm³/mol. The number of aryl methyl sites for hydroxylation is 1. The Kier molecular flexibility index (Phi) is 8.40. The summed E-state index contributed by atoms with van der Waals surface area (Å²) in [4.78, 5) is 29.4. The summed E-state index contributed by atoms with van der Waals surface area (Å²) in [5, 5.41) is 11.3. The lowest BCUT2D eigenvalue weighted by Crippen LogP contribution is -2.49. The smallest absolute Gasteiger partial charge is 0.409 e. The van der Waals surface area contributed by atoms with E-state index in [-0.39, 0.29) is 23.5 Å². The Morgan fingerprint density at radius 2 is 1.80 bits per heavy atom. The quantitative estimate of drug-likeness (QED) is 0.445. The molecule has 3 heterocycles. The molecule has 220 valence electrons. The molecule has 1 aromatic heterocycles. The Morgan fingerprint density at radius 3 is 2.49 bits per heavy atom. The molecule has 2 amide bonds. The first kappa shape index (κ1) is 28.7. The Hall–Kier alpha value is -3.79. The molecule has 2 fully saturated rings. The fraction of sp³-hybridized carbons (Fsp3) is 0.516. The predicted octanol–water partition coefficient (Wildman–Crippen LogP) is 4.76. The largest absolute Gasteiger partial charge is 0.489 e. The van der Waals surface area contributed by atoms with Crippen LogP contribution < -0.4 is 15.0 Å². The summed E-state index contributed by atoms with van der Waals surface area (Å²) in [6, 6.07) is 10.0. The summed E-state index contributed by atoms with van der Waals surface area (Å²) in [5.74, 6) is 0.650. The number of carbonyl (C=O) groups is 2. The van der Waals surface area contributed by atoms with Crippen LogP contribution in [0, 0.1) is 12.3 Å². The maximum absolute atomic E-state index is 12.9. The number of nitrogens with zero attached hydrogens (tertiary/aromatic N) is 3. The van der Waals surface area contributed by atoms with Gasteiger partial charge in [-0.25, -0.2) is 4.79 Å². The summed E-state index contributed by atoms with van der Waals surface area (Å²) in [6.45, 7) is 12.1. The number of carbonyl (C=O) groups excluding carboxylic acids is 2. The van der Waals surface area contributed by atoms with E-state index in [1.165, 1.54) is 0 Å². The number of benzene rings is 2. The number of hydrogen-bond donors (Lipinski definition) is 2. The topological polar surface area (TPSA) is 109 Å². The fourth-order valence-electron chi connectivity index (χ4n) is 5.31. The average Bonchev–Trinajstić information content (AvgIpc) is 3.36. The molecule has 0 aliphatic carbocycles. The second-order valence-corrected chi connectivity index (χ2v) is 12.0. The number of hydrogen-bond acceptors (Lipinski definition) is 7. The molecule has 2 aliphatic heterocycles. The van der Waals surface area contributed by atoms with Crippen LogP contribution in [-0.2, 0) is 9.47 Å². The Balaban J connectivity index is 1.42. The molecule has 10 nitrogen and oxygen atoms in total. The lowest BCUT2D eigenvalue weighted by molar-refractivity contribution is 0.0262. The highest BCUT2D eigenvalue weighted by molar-refractivity contribution is 6.01. The highest BCUT2D eigenvalue weighted by atomic mass is 16.6. The van der Waals surface area contributed by atoms with Gasteiger partial charge in [0.15, 0.2) is 0 Å². The molecule has 0 spiro atoms. The minimum absolute atomic E-state index is 0.0893. The lowest BCUT2D eigenvalue weighted by Gasteiger charge is -2.36. The highest BCUT2D eigenvalue weighted by Crippen LogP contribution is 2.37. The van der Waals surface area contributed by atoms with E-state index in [9.17, 15) is 9.59 Å². The SMILES string of the molecule is CNC(=O)c1ccc(-c2cc(OC3CCOCC3)c3c(C)n[nH]c3c2)cc1N1CCN(C(=O)OCC(C)(C)C)CC1. The molecule has 0 atom stereocenters. The van der Waals surface area contributed by atoms with E-state index in [0.717, 1.165) is 52.0 Å². The van der Waals surface area contributed by atoms with E-state index in [2.05, 4.69) is 38.6 Å². The lowest BCUT2D eigenvalue weighted by atomic mass is 9.99. The summed E-state index contributed by atoms with van der Waals surface area (Å²) < 4.78 is 17.5. The van der Waals surface area contributed by atoms with Crippen LogP contribution in [0.1, 0.15) is 49.7 Å². The first-order chi connectivity index (χ1) is 19.6. The molecular weight excluding hydrogens is 522 g/mol. The molecular formula is C31H41N5O5. The average molecular weight is 564 g/mol. The van der Waals surface area contributed by atoms with Crippen LogP contribution in [0.4, 0.5) is 10.5 Å². The van der Waals surface area contributed by atoms with Gasteiger partial charge in [-0.3, -0.25) is 9.89 Å². The number of aromatic nitrogens is 2. The minimum Gasteiger partial charge on any atom is -0.489 e. The normalized spacial score (nSPS) is 16.6. The summed E-state index contributed by atoms with van der Waals surface area (Å²) in [7, 11) is 1.64. The maximum Gasteiger partial charge on any atom is 0.409 e. The van der Waals surface area contributed by atoms with E-state index in [1.807, 2.05) is 39.8 Å². The summed E-state index contributed by atoms with van der Waals surface area (Å²) in [5.41, 5.74) is 5.07. The van der Waals surface area contributed by atoms with Gasteiger partial charge in [0, 0.05) is 46.1 Å². The molecule has 10 heteroatoms. The Bertz CT molecular complexity index is 1400. The minimum atomic E-state index is -0.292. The molecule has 0 unspecified atom stereocenters. The van der Waals surface area contributed by atoms with Crippen molar-refractivity contribution in [1.29, 1.82) is 0 Å². The van der Waals surface area contributed by atoms with Crippen molar-refractivity contribution in [3.05, 3.63) is 41.6 Å². The van der Waals surface area contributed by atoms with Crippen LogP contribution in [0.15, 0.2) is 30.3 Å². The maximum atomic E-state index is 12.9. The van der Waals surface area contributed by atoms with Crippen LogP contribution in [0.3, 0.4) is 0 Å². The standard InChI is InChI=1S/C31H41N5O5/c1-20-28-25(34-33-20)16-22(18-27(28)41-23-8-14-39-15-9-23)21-6-7-24(29(37)32-5)26(17-21)35-10-12-36(13-11-35)30(38)40-19-31(2,3)4/h6-7,16-18,23H,8-15,19H2,1-5H3,(H,32,37)(H,33,34). The van der Waals surface area contributed by atoms with Gasteiger partial charge < -0.3 is 29.3 Å². The van der Waals surface area contributed by atoms with Crippen LogP contribution in [0.2, 0.25) is 0 Å². The Morgan fingerprint density at radius 1 is 1.07 bits per heavy atom. The number of fused-ring (bicyclic) bond motifs is 1. The first-order valence-corrected chi connectivity index (χ1v) is 14.4. The number of rotatable bonds is 6. The molecule has 0 bridgehead atoms. The first-order valence-electron chi connectivity index (χ1n) is 14.4. The second kappa shape index (κ2) is 12.0. The molecule has 2 aliphatic rings. The van der Waals surface area contributed by atoms with Gasteiger partial charge in [-0.05, 0) is 47.7 Å². The van der Waals surface area contributed by atoms with Crippen molar-refractivity contribution in [2.75, 3.05) is 57.9 Å². The molecule has 0 saturated carbocycles. The monoisotopic (exact) mass is 563 g/mol. The number of aromatic amines is 1. The van der Waals surface area contributed by atoms with Crippen molar-refractivity contribution in [2.24, 2.45) is 5.41 Å². The van der Waals surface area contributed by atoms with Crippen molar-refractivity contribution >= 4 is 28.6 Å². The van der Waals surface area contributed by atoms with Gasteiger partial charge in [-0.1, -0.05) is 26.8 Å². The molecule has 2 aromatic carbocycles. The van der Waals surface area contributed by atoms with E-state index in [4.69, 9.17) is 14.2 Å². The molecule has 2 saturated heterocycles. The number of H-pyrrole nitrogens is 1. The van der Waals surface area contributed by atoms with Gasteiger partial charge in [0.1, 0.15) is 11.9 Å². The third kappa shape index (κ3) is 6.59. The summed E-state index contributed by atoms with van der Waals surface area (Å²) in [6.07, 6.45) is 1.50. The molecule has 2 N–H and O–H groups in total. The van der Waals surface area contributed by atoms with Crippen molar-refractivity contribution < 1.29 is 23.8 Å². The number of anilines is 1. The number of nitrogens with one attached hydrogen (secondary N) is 2. The zero-order valence-corrected chi connectivity index (χ0v) is 24.7. The van der Waals surface area contributed by atoms with Crippen LogP contribution >= 0.6 is 0 Å². The van der Waals surface area contributed by atoms with Crippen molar-refractivity contribution in [1.82, 2.24) is 20.4 Å². The van der Waals surface area contributed by atoms with E-state index in [0.29, 0.717) is 51.6 Å². The molecule has 41 heavy (non-hydrogen) atoms. The summed E-state index contributed by atoms with van der Waals surface area (Å²) >= 11 is 0. The third-order valence-electron chi connectivity index (χ3n) is 7.58. The van der Waals surface area contributed by atoms with Crippen LogP contribution in [0.25, 0.3) is 22.0 Å². The van der Waals surface area contributed by atoms with Gasteiger partial charge in [0.2, 0.25) is 0 Å². The van der Waals surface area contributed by atoms with E-state index < -0.39 is 0 Å². The van der Waals surface area contributed by atoms with E-state index >= 15 is 0 Å². The van der Waals surface area contributed by atoms with Crippen molar-refractivity contribution in [2.45, 2.75) is 46.6 Å². The molecule has 5 rings (SSSR count). The number of amides is 2. The molecule has 3 aromatic rings. The fourth-order valence-corrected chi connectivity index (χ4v) is 5.31. The Labute approximate surface area is 241 Å². The van der Waals surface area contributed by atoms with E-state index in [1.54, 1.807) is 11.9 Å². The zero-order valence-electron chi connectivity index (χ0n) is 24.7. The van der Waals surface area contributed by atoms with Crippen LogP contribution in [-0.4, -0.2) is 86.2 Å². The van der Waals surface area contributed by atoms with Gasteiger partial charge in [-0.15, -0.1) is 0 Å². The number of piperazine rings is 1. The van der Waals surface area contributed by atoms with Gasteiger partial charge >= 0.3 is 6.09 Å². The zero-order chi connectivity index (χ0) is 29.1. The highest BCUT2D eigenvalue weighted by Gasteiger charge is 2.27. The van der Waals surface area contributed by atoms with Gasteiger partial charge in [0.25, 0.3) is 5.91 Å². The van der Waals surface area contributed by atoms with Gasteiger partial charge in [-0.2, -0.15) is 5.10 Å². The second-order valence-electron chi connectivity index (χ2n) is 12.0. The third-order valence-corrected chi connectivity index (χ3v) is 7.58.